The van der Waals surface area contributed by atoms with Gasteiger partial charge < -0.3 is 15.8 Å². The standard InChI is InChI=1S/C16H14ClN3O5/c1-9(25-16(22)13-6-5-10(17)7-14(13)18)15(21)19-11-3-2-4-12(8-11)20(23)24/h2-9H,18H2,1H3,(H,19,21)/t9-/m1/s1. The lowest BCUT2D eigenvalue weighted by molar-refractivity contribution is -0.384. The first-order valence-electron chi connectivity index (χ1n) is 7.09. The molecule has 2 aromatic carbocycles. The van der Waals surface area contributed by atoms with Gasteiger partial charge >= 0.3 is 5.97 Å². The fraction of sp³-hybridized carbons (Fsp3) is 0.125. The zero-order valence-electron chi connectivity index (χ0n) is 13.1. The number of amides is 1. The second-order valence-electron chi connectivity index (χ2n) is 5.08. The normalized spacial score (nSPS) is 11.4. The summed E-state index contributed by atoms with van der Waals surface area (Å²) in [6.07, 6.45) is -1.14. The Kier molecular flexibility index (Phi) is 5.56. The zero-order valence-corrected chi connectivity index (χ0v) is 13.8. The number of non-ortho nitro benzene ring substituents is 1. The molecule has 0 saturated heterocycles. The van der Waals surface area contributed by atoms with Crippen LogP contribution >= 0.6 is 11.6 Å². The molecule has 25 heavy (non-hydrogen) atoms. The first kappa shape index (κ1) is 18.2. The molecule has 0 heterocycles. The lowest BCUT2D eigenvalue weighted by atomic mass is 10.2. The Morgan fingerprint density at radius 3 is 2.64 bits per heavy atom. The molecular weight excluding hydrogens is 350 g/mol. The number of nitro groups is 1. The van der Waals surface area contributed by atoms with Crippen LogP contribution in [0.1, 0.15) is 17.3 Å². The molecule has 9 heteroatoms. The number of hydrogen-bond acceptors (Lipinski definition) is 6. The highest BCUT2D eigenvalue weighted by Gasteiger charge is 2.21. The lowest BCUT2D eigenvalue weighted by Crippen LogP contribution is -2.30. The zero-order chi connectivity index (χ0) is 18.6. The molecule has 0 radical (unpaired) electrons. The molecule has 0 spiro atoms. The van der Waals surface area contributed by atoms with Gasteiger partial charge in [0.15, 0.2) is 6.10 Å². The van der Waals surface area contributed by atoms with Crippen LogP contribution in [-0.4, -0.2) is 22.9 Å². The molecule has 0 aliphatic carbocycles. The van der Waals surface area contributed by atoms with Gasteiger partial charge in [0.25, 0.3) is 11.6 Å². The van der Waals surface area contributed by atoms with Crippen LogP contribution in [0, 0.1) is 10.1 Å². The van der Waals surface area contributed by atoms with E-state index in [0.717, 1.165) is 0 Å². The van der Waals surface area contributed by atoms with E-state index >= 15 is 0 Å². The Balaban J connectivity index is 2.03. The molecule has 0 saturated carbocycles. The minimum atomic E-state index is -1.14. The van der Waals surface area contributed by atoms with Crippen molar-refractivity contribution in [1.29, 1.82) is 0 Å². The number of benzene rings is 2. The van der Waals surface area contributed by atoms with E-state index in [1.165, 1.54) is 49.4 Å². The molecule has 3 N–H and O–H groups in total. The maximum Gasteiger partial charge on any atom is 0.341 e. The van der Waals surface area contributed by atoms with Crippen molar-refractivity contribution in [1.82, 2.24) is 0 Å². The minimum Gasteiger partial charge on any atom is -0.449 e. The van der Waals surface area contributed by atoms with Crippen LogP contribution in [-0.2, 0) is 9.53 Å². The Labute approximate surface area is 147 Å². The molecule has 0 fully saturated rings. The first-order chi connectivity index (χ1) is 11.8. The van der Waals surface area contributed by atoms with Gasteiger partial charge in [0, 0.05) is 28.5 Å². The van der Waals surface area contributed by atoms with Gasteiger partial charge in [0.2, 0.25) is 0 Å². The third-order valence-electron chi connectivity index (χ3n) is 3.21. The Morgan fingerprint density at radius 2 is 2.00 bits per heavy atom. The van der Waals surface area contributed by atoms with Crippen molar-refractivity contribution in [3.63, 3.8) is 0 Å². The van der Waals surface area contributed by atoms with Crippen LogP contribution < -0.4 is 11.1 Å². The van der Waals surface area contributed by atoms with Gasteiger partial charge in [-0.15, -0.1) is 0 Å². The van der Waals surface area contributed by atoms with Gasteiger partial charge in [-0.05, 0) is 31.2 Å². The highest BCUT2D eigenvalue weighted by Crippen LogP contribution is 2.20. The van der Waals surface area contributed by atoms with E-state index in [-0.39, 0.29) is 22.6 Å². The third kappa shape index (κ3) is 4.67. The van der Waals surface area contributed by atoms with Gasteiger partial charge in [-0.3, -0.25) is 14.9 Å². The summed E-state index contributed by atoms with van der Waals surface area (Å²) >= 11 is 5.76. The maximum absolute atomic E-state index is 12.1. The van der Waals surface area contributed by atoms with Crippen molar-refractivity contribution in [2.45, 2.75) is 13.0 Å². The highest BCUT2D eigenvalue weighted by molar-refractivity contribution is 6.31. The summed E-state index contributed by atoms with van der Waals surface area (Å²) in [5.74, 6) is -1.42. The van der Waals surface area contributed by atoms with Crippen LogP contribution in [0.5, 0.6) is 0 Å². The number of hydrogen-bond donors (Lipinski definition) is 2. The predicted octanol–water partition coefficient (Wildman–Crippen LogP) is 3.01. The van der Waals surface area contributed by atoms with Crippen molar-refractivity contribution in [2.24, 2.45) is 0 Å². The van der Waals surface area contributed by atoms with E-state index in [4.69, 9.17) is 22.1 Å². The summed E-state index contributed by atoms with van der Waals surface area (Å²) in [4.78, 5) is 34.3. The molecule has 0 unspecified atom stereocenters. The Hall–Kier alpha value is -3.13. The average molecular weight is 364 g/mol. The number of anilines is 2. The van der Waals surface area contributed by atoms with Gasteiger partial charge in [-0.2, -0.15) is 0 Å². The van der Waals surface area contributed by atoms with E-state index in [0.29, 0.717) is 5.02 Å². The number of nitrogens with two attached hydrogens (primary N) is 1. The molecule has 0 aliphatic rings. The van der Waals surface area contributed by atoms with E-state index in [1.807, 2.05) is 0 Å². The van der Waals surface area contributed by atoms with Crippen molar-refractivity contribution >= 4 is 40.5 Å². The first-order valence-corrected chi connectivity index (χ1v) is 7.47. The smallest absolute Gasteiger partial charge is 0.341 e. The van der Waals surface area contributed by atoms with E-state index in [1.54, 1.807) is 0 Å². The van der Waals surface area contributed by atoms with Crippen molar-refractivity contribution < 1.29 is 19.2 Å². The molecule has 0 bridgehead atoms. The number of rotatable bonds is 5. The predicted molar refractivity (Wildman–Crippen MR) is 92.5 cm³/mol. The number of carbonyl (C=O) groups is 2. The van der Waals surface area contributed by atoms with Gasteiger partial charge in [0.05, 0.1) is 10.5 Å². The quantitative estimate of drug-likeness (QED) is 0.364. The summed E-state index contributed by atoms with van der Waals surface area (Å²) in [7, 11) is 0. The van der Waals surface area contributed by atoms with Crippen molar-refractivity contribution in [3.05, 3.63) is 63.2 Å². The fourth-order valence-electron chi connectivity index (χ4n) is 1.94. The SMILES string of the molecule is C[C@@H](OC(=O)c1ccc(Cl)cc1N)C(=O)Nc1cccc([N+](=O)[O-])c1. The molecule has 1 amide bonds. The van der Waals surface area contributed by atoms with Gasteiger partial charge in [-0.25, -0.2) is 4.79 Å². The van der Waals surface area contributed by atoms with Crippen molar-refractivity contribution in [3.8, 4) is 0 Å². The maximum atomic E-state index is 12.1. The van der Waals surface area contributed by atoms with Crippen LogP contribution in [0.25, 0.3) is 0 Å². The fourth-order valence-corrected chi connectivity index (χ4v) is 2.12. The number of esters is 1. The Morgan fingerprint density at radius 1 is 1.28 bits per heavy atom. The van der Waals surface area contributed by atoms with E-state index in [2.05, 4.69) is 5.32 Å². The van der Waals surface area contributed by atoms with Gasteiger partial charge in [-0.1, -0.05) is 17.7 Å². The molecule has 2 rings (SSSR count). The molecule has 2 aromatic rings. The second kappa shape index (κ2) is 7.63. The highest BCUT2D eigenvalue weighted by atomic mass is 35.5. The number of nitrogens with zero attached hydrogens (tertiary/aromatic N) is 1. The van der Waals surface area contributed by atoms with Crippen LogP contribution in [0.3, 0.4) is 0 Å². The topological polar surface area (TPSA) is 125 Å². The number of nitrogens with one attached hydrogen (secondary N) is 1. The summed E-state index contributed by atoms with van der Waals surface area (Å²) in [5.41, 5.74) is 5.95. The van der Waals surface area contributed by atoms with Gasteiger partial charge in [0.1, 0.15) is 0 Å². The molecular formula is C16H14ClN3O5. The number of ether oxygens (including phenoxy) is 1. The van der Waals surface area contributed by atoms with Crippen LogP contribution in [0.4, 0.5) is 17.1 Å². The number of nitrogen functional groups attached to an aromatic ring is 1. The summed E-state index contributed by atoms with van der Waals surface area (Å²) in [6, 6.07) is 9.67. The third-order valence-corrected chi connectivity index (χ3v) is 3.45. The Bertz CT molecular complexity index is 840. The summed E-state index contributed by atoms with van der Waals surface area (Å²) in [5, 5.41) is 13.5. The van der Waals surface area contributed by atoms with Crippen LogP contribution in [0.2, 0.25) is 5.02 Å². The molecule has 0 aromatic heterocycles. The summed E-state index contributed by atoms with van der Waals surface area (Å²) in [6.45, 7) is 1.37. The number of nitro benzene ring substituents is 1. The second-order valence-corrected chi connectivity index (χ2v) is 5.51. The lowest BCUT2D eigenvalue weighted by Gasteiger charge is -2.14. The monoisotopic (exact) mass is 363 g/mol. The molecule has 130 valence electrons. The van der Waals surface area contributed by atoms with E-state index < -0.39 is 22.9 Å². The molecule has 0 aliphatic heterocycles. The largest absolute Gasteiger partial charge is 0.449 e. The van der Waals surface area contributed by atoms with E-state index in [9.17, 15) is 19.7 Å². The van der Waals surface area contributed by atoms with Crippen molar-refractivity contribution in [2.75, 3.05) is 11.1 Å². The molecule has 1 atom stereocenters. The average Bonchev–Trinajstić information content (AvgIpc) is 2.54. The summed E-state index contributed by atoms with van der Waals surface area (Å²) < 4.78 is 5.06. The molecule has 8 nitrogen and oxygen atoms in total. The number of halogens is 1. The number of carbonyl (C=O) groups excluding carboxylic acids is 2. The van der Waals surface area contributed by atoms with Crippen LogP contribution in [0.15, 0.2) is 42.5 Å². The minimum absolute atomic E-state index is 0.0828.